The van der Waals surface area contributed by atoms with Gasteiger partial charge in [-0.15, -0.1) is 10.2 Å². The molecule has 110 valence electrons. The minimum atomic E-state index is -0.169. The Balaban J connectivity index is 1.73. The van der Waals surface area contributed by atoms with Gasteiger partial charge >= 0.3 is 0 Å². The molecule has 1 aliphatic rings. The van der Waals surface area contributed by atoms with Crippen molar-refractivity contribution in [1.82, 2.24) is 19.7 Å². The highest BCUT2D eigenvalue weighted by Crippen LogP contribution is 2.32. The molecule has 0 aromatic carbocycles. The molecule has 21 heavy (non-hydrogen) atoms. The van der Waals surface area contributed by atoms with Gasteiger partial charge in [-0.3, -0.25) is 14.2 Å². The number of nitrogens with zero attached hydrogens (tertiary/aromatic N) is 4. The Labute approximate surface area is 128 Å². The first-order chi connectivity index (χ1) is 10.0. The monoisotopic (exact) mass is 323 g/mol. The minimum Gasteiger partial charge on any atom is -0.300 e. The van der Waals surface area contributed by atoms with Crippen molar-refractivity contribution >= 4 is 34.1 Å². The lowest BCUT2D eigenvalue weighted by Crippen LogP contribution is -2.27. The Hall–Kier alpha value is -1.74. The SMILES string of the molecule is Cc1cc(=O)n2c(n1)SCC2CC(=O)Nc1nnc(C)s1. The molecule has 0 aliphatic carbocycles. The van der Waals surface area contributed by atoms with Gasteiger partial charge in [0.25, 0.3) is 5.56 Å². The first kappa shape index (κ1) is 14.2. The van der Waals surface area contributed by atoms with Crippen molar-refractivity contribution < 1.29 is 4.79 Å². The summed E-state index contributed by atoms with van der Waals surface area (Å²) in [5, 5.41) is 12.4. The highest BCUT2D eigenvalue weighted by atomic mass is 32.2. The molecule has 0 bridgehead atoms. The first-order valence-electron chi connectivity index (χ1n) is 6.36. The normalized spacial score (nSPS) is 16.8. The molecule has 1 amide bonds. The number of hydrogen-bond acceptors (Lipinski definition) is 7. The van der Waals surface area contributed by atoms with Crippen molar-refractivity contribution in [3.8, 4) is 0 Å². The summed E-state index contributed by atoms with van der Waals surface area (Å²) in [6.07, 6.45) is 0.225. The van der Waals surface area contributed by atoms with Crippen LogP contribution in [0.3, 0.4) is 0 Å². The number of carbonyl (C=O) groups excluding carboxylic acids is 1. The third-order valence-corrected chi connectivity index (χ3v) is 4.86. The Kier molecular flexibility index (Phi) is 3.77. The predicted molar refractivity (Wildman–Crippen MR) is 80.9 cm³/mol. The second-order valence-electron chi connectivity index (χ2n) is 4.73. The summed E-state index contributed by atoms with van der Waals surface area (Å²) < 4.78 is 1.60. The largest absolute Gasteiger partial charge is 0.300 e. The summed E-state index contributed by atoms with van der Waals surface area (Å²) >= 11 is 2.83. The van der Waals surface area contributed by atoms with Crippen LogP contribution in [0.1, 0.15) is 23.2 Å². The van der Waals surface area contributed by atoms with Crippen molar-refractivity contribution in [2.45, 2.75) is 31.5 Å². The van der Waals surface area contributed by atoms with Crippen molar-refractivity contribution in [3.05, 3.63) is 27.1 Å². The number of aryl methyl sites for hydroxylation is 2. The Morgan fingerprint density at radius 1 is 1.48 bits per heavy atom. The molecule has 0 spiro atoms. The molecule has 2 aromatic heterocycles. The molecular formula is C12H13N5O2S2. The number of hydrogen-bond donors (Lipinski definition) is 1. The van der Waals surface area contributed by atoms with Gasteiger partial charge in [0.15, 0.2) is 5.16 Å². The summed E-state index contributed by atoms with van der Waals surface area (Å²) in [6.45, 7) is 3.62. The lowest BCUT2D eigenvalue weighted by molar-refractivity contribution is -0.116. The average molecular weight is 323 g/mol. The van der Waals surface area contributed by atoms with Gasteiger partial charge in [-0.1, -0.05) is 23.1 Å². The van der Waals surface area contributed by atoms with Gasteiger partial charge in [0.1, 0.15) is 5.01 Å². The average Bonchev–Trinajstić information content (AvgIpc) is 2.96. The molecule has 1 unspecified atom stereocenters. The summed E-state index contributed by atoms with van der Waals surface area (Å²) in [6, 6.07) is 1.33. The molecule has 1 aliphatic heterocycles. The van der Waals surface area contributed by atoms with Crippen LogP contribution >= 0.6 is 23.1 Å². The molecule has 1 atom stereocenters. The Morgan fingerprint density at radius 3 is 3.00 bits per heavy atom. The van der Waals surface area contributed by atoms with Crippen molar-refractivity contribution in [1.29, 1.82) is 0 Å². The molecular weight excluding hydrogens is 310 g/mol. The van der Waals surface area contributed by atoms with Crippen LogP contribution in [-0.4, -0.2) is 31.4 Å². The minimum absolute atomic E-state index is 0.105. The highest BCUT2D eigenvalue weighted by molar-refractivity contribution is 7.99. The fourth-order valence-electron chi connectivity index (χ4n) is 2.14. The van der Waals surface area contributed by atoms with Crippen LogP contribution < -0.4 is 10.9 Å². The molecule has 0 saturated heterocycles. The van der Waals surface area contributed by atoms with Gasteiger partial charge in [-0.2, -0.15) is 0 Å². The molecule has 1 N–H and O–H groups in total. The van der Waals surface area contributed by atoms with Crippen LogP contribution in [0.25, 0.3) is 0 Å². The van der Waals surface area contributed by atoms with E-state index in [1.807, 2.05) is 6.92 Å². The zero-order valence-corrected chi connectivity index (χ0v) is 13.1. The van der Waals surface area contributed by atoms with Crippen LogP contribution in [0.4, 0.5) is 5.13 Å². The van der Waals surface area contributed by atoms with E-state index in [9.17, 15) is 9.59 Å². The molecule has 9 heteroatoms. The maximum absolute atomic E-state index is 12.0. The molecule has 3 heterocycles. The first-order valence-corrected chi connectivity index (χ1v) is 8.16. The molecule has 0 fully saturated rings. The smallest absolute Gasteiger partial charge is 0.254 e. The molecule has 2 aromatic rings. The fraction of sp³-hybridized carbons (Fsp3) is 0.417. The topological polar surface area (TPSA) is 89.8 Å². The van der Waals surface area contributed by atoms with Gasteiger partial charge in [-0.25, -0.2) is 4.98 Å². The van der Waals surface area contributed by atoms with Crippen LogP contribution in [0.15, 0.2) is 16.0 Å². The number of rotatable bonds is 3. The number of aromatic nitrogens is 4. The molecule has 7 nitrogen and oxygen atoms in total. The van der Waals surface area contributed by atoms with Gasteiger partial charge in [0, 0.05) is 23.9 Å². The van der Waals surface area contributed by atoms with E-state index in [1.165, 1.54) is 29.2 Å². The standard InChI is InChI=1S/C12H13N5O2S2/c1-6-3-10(19)17-8(5-20-12(17)13-6)4-9(18)14-11-16-15-7(2)21-11/h3,8H,4-5H2,1-2H3,(H,14,16,18). The predicted octanol–water partition coefficient (Wildman–Crippen LogP) is 1.39. The fourth-order valence-corrected chi connectivity index (χ4v) is 3.95. The Morgan fingerprint density at radius 2 is 2.29 bits per heavy atom. The molecule has 3 rings (SSSR count). The van der Waals surface area contributed by atoms with E-state index in [0.29, 0.717) is 21.7 Å². The number of carbonyl (C=O) groups is 1. The van der Waals surface area contributed by atoms with Crippen molar-refractivity contribution in [3.63, 3.8) is 0 Å². The van der Waals surface area contributed by atoms with E-state index in [-0.39, 0.29) is 23.9 Å². The van der Waals surface area contributed by atoms with Crippen LogP contribution in [0.5, 0.6) is 0 Å². The van der Waals surface area contributed by atoms with Crippen molar-refractivity contribution in [2.24, 2.45) is 0 Å². The zero-order valence-electron chi connectivity index (χ0n) is 11.5. The van der Waals surface area contributed by atoms with E-state index < -0.39 is 0 Å². The summed E-state index contributed by atoms with van der Waals surface area (Å²) in [4.78, 5) is 28.4. The molecule has 0 radical (unpaired) electrons. The second kappa shape index (κ2) is 5.57. The maximum atomic E-state index is 12.0. The quantitative estimate of drug-likeness (QED) is 0.859. The van der Waals surface area contributed by atoms with Gasteiger partial charge < -0.3 is 5.32 Å². The van der Waals surface area contributed by atoms with E-state index >= 15 is 0 Å². The van der Waals surface area contributed by atoms with Crippen LogP contribution in [-0.2, 0) is 4.79 Å². The van der Waals surface area contributed by atoms with E-state index in [1.54, 1.807) is 11.5 Å². The molecule has 0 saturated carbocycles. The van der Waals surface area contributed by atoms with E-state index in [4.69, 9.17) is 0 Å². The third-order valence-electron chi connectivity index (χ3n) is 3.01. The van der Waals surface area contributed by atoms with Crippen molar-refractivity contribution in [2.75, 3.05) is 11.1 Å². The zero-order chi connectivity index (χ0) is 15.0. The maximum Gasteiger partial charge on any atom is 0.254 e. The van der Waals surface area contributed by atoms with E-state index in [0.717, 1.165) is 5.01 Å². The number of amides is 1. The number of thioether (sulfide) groups is 1. The number of anilines is 1. The van der Waals surface area contributed by atoms with E-state index in [2.05, 4.69) is 20.5 Å². The van der Waals surface area contributed by atoms with Gasteiger partial charge in [0.2, 0.25) is 11.0 Å². The second-order valence-corrected chi connectivity index (χ2v) is 6.90. The lowest BCUT2D eigenvalue weighted by atomic mass is 10.2. The number of fused-ring (bicyclic) bond motifs is 1. The van der Waals surface area contributed by atoms with Crippen LogP contribution in [0, 0.1) is 13.8 Å². The highest BCUT2D eigenvalue weighted by Gasteiger charge is 2.27. The third kappa shape index (κ3) is 2.98. The Bertz CT molecular complexity index is 754. The van der Waals surface area contributed by atoms with Crippen LogP contribution in [0.2, 0.25) is 0 Å². The summed E-state index contributed by atoms with van der Waals surface area (Å²) in [5.74, 6) is 0.505. The van der Waals surface area contributed by atoms with Gasteiger partial charge in [0.05, 0.1) is 6.04 Å². The summed E-state index contributed by atoms with van der Waals surface area (Å²) in [7, 11) is 0. The lowest BCUT2D eigenvalue weighted by Gasteiger charge is -2.12. The van der Waals surface area contributed by atoms with Gasteiger partial charge in [-0.05, 0) is 13.8 Å². The number of nitrogens with one attached hydrogen (secondary N) is 1. The summed E-state index contributed by atoms with van der Waals surface area (Å²) in [5.41, 5.74) is 0.597.